The molecule has 5 heteroatoms. The fraction of sp³-hybridized carbons (Fsp3) is 0.417. The van der Waals surface area contributed by atoms with Gasteiger partial charge >= 0.3 is 5.97 Å². The first kappa shape index (κ1) is 13.3. The minimum atomic E-state index is -0.950. The van der Waals surface area contributed by atoms with Crippen LogP contribution in [-0.2, 0) is 4.79 Å². The zero-order valence-electron chi connectivity index (χ0n) is 10.1. The number of phenolic OH excluding ortho intramolecular Hbond substituents is 2. The predicted molar refractivity (Wildman–Crippen MR) is 63.0 cm³/mol. The van der Waals surface area contributed by atoms with Crippen LogP contribution in [0.15, 0.2) is 18.2 Å². The third-order valence-electron chi connectivity index (χ3n) is 3.06. The summed E-state index contributed by atoms with van der Waals surface area (Å²) in [4.78, 5) is 12.4. The molecule has 0 heterocycles. The van der Waals surface area contributed by atoms with Crippen molar-refractivity contribution in [3.05, 3.63) is 23.8 Å². The van der Waals surface area contributed by atoms with Gasteiger partial charge in [0, 0.05) is 6.04 Å². The van der Waals surface area contributed by atoms with Crippen LogP contribution in [0.2, 0.25) is 0 Å². The van der Waals surface area contributed by atoms with E-state index in [0.717, 1.165) is 0 Å². The Morgan fingerprint density at radius 2 is 1.71 bits per heavy atom. The Kier molecular flexibility index (Phi) is 3.96. The number of hydrogen-bond donors (Lipinski definition) is 3. The lowest BCUT2D eigenvalue weighted by Crippen LogP contribution is -2.37. The van der Waals surface area contributed by atoms with Crippen LogP contribution in [0.4, 0.5) is 0 Å². The summed E-state index contributed by atoms with van der Waals surface area (Å²) in [7, 11) is 1.63. The van der Waals surface area contributed by atoms with Crippen molar-refractivity contribution < 1.29 is 20.1 Å². The van der Waals surface area contributed by atoms with Gasteiger partial charge in [0.25, 0.3) is 0 Å². The second kappa shape index (κ2) is 5.05. The van der Waals surface area contributed by atoms with Crippen LogP contribution in [0.1, 0.15) is 25.5 Å². The summed E-state index contributed by atoms with van der Waals surface area (Å²) in [6, 6.07) is 3.35. The van der Waals surface area contributed by atoms with Gasteiger partial charge in [0.05, 0.1) is 5.56 Å². The summed E-state index contributed by atoms with van der Waals surface area (Å²) in [6.45, 7) is 3.28. The Morgan fingerprint density at radius 1 is 1.24 bits per heavy atom. The van der Waals surface area contributed by atoms with Crippen molar-refractivity contribution in [2.45, 2.75) is 25.9 Å². The first-order valence-corrected chi connectivity index (χ1v) is 5.31. The van der Waals surface area contributed by atoms with E-state index in [2.05, 4.69) is 0 Å². The van der Waals surface area contributed by atoms with Crippen LogP contribution >= 0.6 is 0 Å². The third kappa shape index (κ3) is 2.68. The Balaban J connectivity index is 3.04. The average molecular weight is 239 g/mol. The van der Waals surface area contributed by atoms with Gasteiger partial charge in [-0.2, -0.15) is 0 Å². The highest BCUT2D eigenvalue weighted by atomic mass is 16.4. The monoisotopic (exact) mass is 239 g/mol. The molecule has 17 heavy (non-hydrogen) atoms. The van der Waals surface area contributed by atoms with E-state index in [0.29, 0.717) is 5.56 Å². The third-order valence-corrected chi connectivity index (χ3v) is 3.06. The largest absolute Gasteiger partial charge is 0.507 e. The number of likely N-dealkylation sites (N-methyl/N-ethyl adjacent to an activating group) is 1. The number of benzene rings is 1. The number of carboxylic acid groups (broad SMARTS) is 1. The van der Waals surface area contributed by atoms with Crippen LogP contribution in [0, 0.1) is 0 Å². The lowest BCUT2D eigenvalue weighted by molar-refractivity contribution is -0.142. The van der Waals surface area contributed by atoms with Crippen molar-refractivity contribution in [1.82, 2.24) is 4.90 Å². The zero-order valence-corrected chi connectivity index (χ0v) is 10.1. The van der Waals surface area contributed by atoms with Gasteiger partial charge in [0.1, 0.15) is 17.5 Å². The standard InChI is InChI=1S/C12H17NO4/c1-7(13(3)8(2)12(16)17)11-9(14)5-4-6-10(11)15/h4-8,14-15H,1-3H3,(H,16,17). The molecule has 1 aromatic carbocycles. The highest BCUT2D eigenvalue weighted by Gasteiger charge is 2.26. The molecular weight excluding hydrogens is 222 g/mol. The number of carbonyl (C=O) groups is 1. The normalized spacial score (nSPS) is 14.6. The predicted octanol–water partition coefficient (Wildman–Crippen LogP) is 1.56. The average Bonchev–Trinajstić information content (AvgIpc) is 2.26. The van der Waals surface area contributed by atoms with Gasteiger partial charge < -0.3 is 15.3 Å². The molecule has 0 aliphatic heterocycles. The Labute approximate surface area is 99.9 Å². The molecule has 0 aliphatic carbocycles. The first-order valence-electron chi connectivity index (χ1n) is 5.31. The molecular formula is C12H17NO4. The molecule has 1 aromatic rings. The maximum atomic E-state index is 10.9. The Hall–Kier alpha value is -1.75. The highest BCUT2D eigenvalue weighted by molar-refractivity contribution is 5.73. The van der Waals surface area contributed by atoms with Gasteiger partial charge in [-0.15, -0.1) is 0 Å². The van der Waals surface area contributed by atoms with E-state index in [1.165, 1.54) is 18.2 Å². The fourth-order valence-corrected chi connectivity index (χ4v) is 1.68. The summed E-state index contributed by atoms with van der Waals surface area (Å²) < 4.78 is 0. The minimum absolute atomic E-state index is 0.0399. The van der Waals surface area contributed by atoms with Crippen LogP contribution in [0.25, 0.3) is 0 Å². The van der Waals surface area contributed by atoms with Crippen LogP contribution in [0.5, 0.6) is 11.5 Å². The molecule has 0 aromatic heterocycles. The molecule has 1 rings (SSSR count). The quantitative estimate of drug-likeness (QED) is 0.743. The van der Waals surface area contributed by atoms with E-state index in [1.54, 1.807) is 25.8 Å². The molecule has 0 fully saturated rings. The number of hydrogen-bond acceptors (Lipinski definition) is 4. The van der Waals surface area contributed by atoms with E-state index in [9.17, 15) is 15.0 Å². The molecule has 0 radical (unpaired) electrons. The lowest BCUT2D eigenvalue weighted by atomic mass is 10.0. The van der Waals surface area contributed by atoms with E-state index in [1.807, 2.05) is 0 Å². The second-order valence-electron chi connectivity index (χ2n) is 4.07. The summed E-state index contributed by atoms with van der Waals surface area (Å²) in [5.41, 5.74) is 0.336. The van der Waals surface area contributed by atoms with E-state index in [-0.39, 0.29) is 11.5 Å². The summed E-state index contributed by atoms with van der Waals surface area (Å²) >= 11 is 0. The number of rotatable bonds is 4. The molecule has 2 atom stereocenters. The van der Waals surface area contributed by atoms with Crippen LogP contribution in [0.3, 0.4) is 0 Å². The molecule has 0 saturated heterocycles. The van der Waals surface area contributed by atoms with Crippen molar-refractivity contribution in [3.8, 4) is 11.5 Å². The summed E-state index contributed by atoms with van der Waals surface area (Å²) in [6.07, 6.45) is 0. The van der Waals surface area contributed by atoms with Gasteiger partial charge in [-0.25, -0.2) is 0 Å². The van der Waals surface area contributed by atoms with Crippen molar-refractivity contribution in [2.75, 3.05) is 7.05 Å². The summed E-state index contributed by atoms with van der Waals surface area (Å²) in [5.74, 6) is -1.03. The molecule has 5 nitrogen and oxygen atoms in total. The number of phenols is 2. The molecule has 94 valence electrons. The summed E-state index contributed by atoms with van der Waals surface area (Å²) in [5, 5.41) is 28.3. The van der Waals surface area contributed by atoms with Crippen molar-refractivity contribution in [1.29, 1.82) is 0 Å². The number of nitrogens with zero attached hydrogens (tertiary/aromatic N) is 1. The second-order valence-corrected chi connectivity index (χ2v) is 4.07. The van der Waals surface area contributed by atoms with Crippen LogP contribution < -0.4 is 0 Å². The number of aliphatic carboxylic acids is 1. The van der Waals surface area contributed by atoms with Crippen LogP contribution in [-0.4, -0.2) is 39.3 Å². The van der Waals surface area contributed by atoms with Gasteiger partial charge in [0.2, 0.25) is 0 Å². The topological polar surface area (TPSA) is 81.0 Å². The SMILES string of the molecule is CC(C(=O)O)N(C)C(C)c1c(O)cccc1O. The van der Waals surface area contributed by atoms with Gasteiger partial charge in [0.15, 0.2) is 0 Å². The zero-order chi connectivity index (χ0) is 13.2. The Morgan fingerprint density at radius 3 is 2.12 bits per heavy atom. The maximum Gasteiger partial charge on any atom is 0.320 e. The fourth-order valence-electron chi connectivity index (χ4n) is 1.68. The Bertz CT molecular complexity index is 399. The molecule has 0 amide bonds. The van der Waals surface area contributed by atoms with Crippen molar-refractivity contribution in [2.24, 2.45) is 0 Å². The molecule has 0 spiro atoms. The molecule has 0 bridgehead atoms. The first-order chi connectivity index (χ1) is 7.86. The van der Waals surface area contributed by atoms with Crippen molar-refractivity contribution in [3.63, 3.8) is 0 Å². The molecule has 2 unspecified atom stereocenters. The van der Waals surface area contributed by atoms with E-state index >= 15 is 0 Å². The smallest absolute Gasteiger partial charge is 0.320 e. The lowest BCUT2D eigenvalue weighted by Gasteiger charge is -2.29. The minimum Gasteiger partial charge on any atom is -0.507 e. The number of aromatic hydroxyl groups is 2. The van der Waals surface area contributed by atoms with Gasteiger partial charge in [-0.1, -0.05) is 6.07 Å². The number of carboxylic acids is 1. The molecule has 0 saturated carbocycles. The molecule has 3 N–H and O–H groups in total. The van der Waals surface area contributed by atoms with E-state index in [4.69, 9.17) is 5.11 Å². The van der Waals surface area contributed by atoms with Gasteiger partial charge in [-0.3, -0.25) is 9.69 Å². The molecule has 0 aliphatic rings. The van der Waals surface area contributed by atoms with E-state index < -0.39 is 18.1 Å². The maximum absolute atomic E-state index is 10.9. The van der Waals surface area contributed by atoms with Crippen molar-refractivity contribution >= 4 is 5.97 Å². The highest BCUT2D eigenvalue weighted by Crippen LogP contribution is 2.35. The van der Waals surface area contributed by atoms with Gasteiger partial charge in [-0.05, 0) is 33.0 Å².